The van der Waals surface area contributed by atoms with Crippen molar-refractivity contribution in [3.63, 3.8) is 0 Å². The van der Waals surface area contributed by atoms with Gasteiger partial charge in [-0.1, -0.05) is 32.9 Å². The summed E-state index contributed by atoms with van der Waals surface area (Å²) in [6, 6.07) is 4.48. The first-order valence-corrected chi connectivity index (χ1v) is 9.88. The van der Waals surface area contributed by atoms with Crippen LogP contribution in [0.15, 0.2) is 24.3 Å². The Morgan fingerprint density at radius 2 is 1.83 bits per heavy atom. The molecule has 0 saturated carbocycles. The van der Waals surface area contributed by atoms with Crippen LogP contribution in [0.5, 0.6) is 0 Å². The Morgan fingerprint density at radius 3 is 2.38 bits per heavy atom. The maximum absolute atomic E-state index is 13.6. The summed E-state index contributed by atoms with van der Waals surface area (Å²) in [4.78, 5) is 27.0. The first-order chi connectivity index (χ1) is 13.3. The van der Waals surface area contributed by atoms with Crippen LogP contribution in [-0.2, 0) is 14.3 Å². The molecule has 2 rings (SSSR count). The number of amides is 1. The third-order valence-electron chi connectivity index (χ3n) is 4.39. The molecule has 1 aliphatic heterocycles. The lowest BCUT2D eigenvalue weighted by atomic mass is 9.87. The minimum absolute atomic E-state index is 0.153. The Kier molecular flexibility index (Phi) is 6.76. The van der Waals surface area contributed by atoms with Crippen LogP contribution in [0.4, 0.5) is 9.18 Å². The third-order valence-corrected chi connectivity index (χ3v) is 4.39. The largest absolute Gasteiger partial charge is 0.465 e. The van der Waals surface area contributed by atoms with Crippen LogP contribution in [-0.4, -0.2) is 42.3 Å². The maximum atomic E-state index is 13.6. The number of benzene rings is 1. The number of nitrogens with zero attached hydrogens (tertiary/aromatic N) is 1. The van der Waals surface area contributed by atoms with E-state index in [2.05, 4.69) is 0 Å². The third kappa shape index (κ3) is 6.58. The molecule has 1 aromatic carbocycles. The van der Waals surface area contributed by atoms with E-state index in [0.29, 0.717) is 6.54 Å². The summed E-state index contributed by atoms with van der Waals surface area (Å²) < 4.78 is 24.6. The molecule has 0 spiro atoms. The van der Waals surface area contributed by atoms with Crippen molar-refractivity contribution in [3.05, 3.63) is 41.2 Å². The molecule has 1 heterocycles. The van der Waals surface area contributed by atoms with Crippen LogP contribution in [0, 0.1) is 24.1 Å². The van der Waals surface area contributed by atoms with Gasteiger partial charge in [0.2, 0.25) is 0 Å². The average Bonchev–Trinajstić information content (AvgIpc) is 2.57. The van der Waals surface area contributed by atoms with Gasteiger partial charge in [-0.2, -0.15) is 0 Å². The molecule has 0 radical (unpaired) electrons. The highest BCUT2D eigenvalue weighted by atomic mass is 19.1. The van der Waals surface area contributed by atoms with Gasteiger partial charge >= 0.3 is 12.1 Å². The zero-order valence-corrected chi connectivity index (χ0v) is 18.5. The fraction of sp³-hybridized carbons (Fsp3) is 0.565. The Morgan fingerprint density at radius 1 is 1.17 bits per heavy atom. The molecular formula is C23H32FNO4. The molecule has 0 unspecified atom stereocenters. The molecule has 5 nitrogen and oxygen atoms in total. The zero-order chi connectivity index (χ0) is 22.0. The number of halogens is 1. The minimum atomic E-state index is -0.664. The summed E-state index contributed by atoms with van der Waals surface area (Å²) >= 11 is 0. The standard InChI is InChI=1S/C23H32FNO4/c1-15-12-16(24)8-9-17(15)18-10-11-25(21(27)29-23(5,6)7)13-19(18)20(26)28-14-22(2,3)4/h8-10,12,19H,11,13-14H2,1-7H3/t19-/m0/s1. The van der Waals surface area contributed by atoms with Crippen molar-refractivity contribution in [1.29, 1.82) is 0 Å². The van der Waals surface area contributed by atoms with Gasteiger partial charge in [-0.15, -0.1) is 0 Å². The zero-order valence-electron chi connectivity index (χ0n) is 18.5. The number of carbonyl (C=O) groups is 2. The lowest BCUT2D eigenvalue weighted by Crippen LogP contribution is -2.44. The first-order valence-electron chi connectivity index (χ1n) is 9.88. The normalized spacial score (nSPS) is 17.6. The molecule has 0 aliphatic carbocycles. The van der Waals surface area contributed by atoms with E-state index in [1.807, 2.05) is 26.8 Å². The number of esters is 1. The number of aryl methyl sites for hydroxylation is 1. The summed E-state index contributed by atoms with van der Waals surface area (Å²) in [5, 5.41) is 0. The van der Waals surface area contributed by atoms with Gasteiger partial charge < -0.3 is 14.4 Å². The van der Waals surface area contributed by atoms with E-state index in [1.54, 1.807) is 33.8 Å². The van der Waals surface area contributed by atoms with E-state index in [0.717, 1.165) is 16.7 Å². The number of rotatable bonds is 3. The summed E-state index contributed by atoms with van der Waals surface area (Å²) in [5.41, 5.74) is 1.46. The number of hydrogen-bond acceptors (Lipinski definition) is 4. The second-order valence-corrected chi connectivity index (χ2v) is 9.72. The van der Waals surface area contributed by atoms with Crippen LogP contribution in [0.2, 0.25) is 0 Å². The second kappa shape index (κ2) is 8.56. The fourth-order valence-electron chi connectivity index (χ4n) is 3.06. The predicted molar refractivity (Wildman–Crippen MR) is 111 cm³/mol. The van der Waals surface area contributed by atoms with Gasteiger partial charge in [-0.3, -0.25) is 4.79 Å². The van der Waals surface area contributed by atoms with Crippen LogP contribution < -0.4 is 0 Å². The topological polar surface area (TPSA) is 55.8 Å². The molecule has 0 saturated heterocycles. The van der Waals surface area contributed by atoms with E-state index in [1.165, 1.54) is 17.0 Å². The van der Waals surface area contributed by atoms with Gasteiger partial charge in [0, 0.05) is 13.1 Å². The molecule has 0 fully saturated rings. The SMILES string of the molecule is Cc1cc(F)ccc1C1=CCN(C(=O)OC(C)(C)C)C[C@@H]1C(=O)OCC(C)(C)C. The van der Waals surface area contributed by atoms with Crippen LogP contribution in [0.3, 0.4) is 0 Å². The lowest BCUT2D eigenvalue weighted by molar-refractivity contribution is -0.149. The summed E-state index contributed by atoms with van der Waals surface area (Å²) in [6.07, 6.45) is 1.36. The highest BCUT2D eigenvalue weighted by Gasteiger charge is 2.35. The molecule has 0 N–H and O–H groups in total. The molecule has 29 heavy (non-hydrogen) atoms. The van der Waals surface area contributed by atoms with E-state index >= 15 is 0 Å². The molecule has 1 aliphatic rings. The highest BCUT2D eigenvalue weighted by Crippen LogP contribution is 2.32. The van der Waals surface area contributed by atoms with Crippen LogP contribution >= 0.6 is 0 Å². The molecule has 1 aromatic rings. The van der Waals surface area contributed by atoms with Crippen molar-refractivity contribution < 1.29 is 23.5 Å². The van der Waals surface area contributed by atoms with Crippen molar-refractivity contribution in [3.8, 4) is 0 Å². The Hall–Kier alpha value is -2.37. The summed E-state index contributed by atoms with van der Waals surface area (Å²) in [6.45, 7) is 13.9. The Labute approximate surface area is 172 Å². The first kappa shape index (κ1) is 22.9. The predicted octanol–water partition coefficient (Wildman–Crippen LogP) is 4.97. The molecule has 160 valence electrons. The van der Waals surface area contributed by atoms with Crippen molar-refractivity contribution in [1.82, 2.24) is 4.90 Å². The van der Waals surface area contributed by atoms with Gasteiger partial charge in [0.25, 0.3) is 0 Å². The number of carbonyl (C=O) groups excluding carboxylic acids is 2. The van der Waals surface area contributed by atoms with Crippen molar-refractivity contribution in [2.45, 2.75) is 54.1 Å². The van der Waals surface area contributed by atoms with Crippen molar-refractivity contribution in [2.75, 3.05) is 19.7 Å². The molecule has 1 atom stereocenters. The quantitative estimate of drug-likeness (QED) is 0.666. The molecule has 0 aromatic heterocycles. The van der Waals surface area contributed by atoms with E-state index in [9.17, 15) is 14.0 Å². The molecule has 1 amide bonds. The van der Waals surface area contributed by atoms with Gasteiger partial charge in [-0.25, -0.2) is 9.18 Å². The fourth-order valence-corrected chi connectivity index (χ4v) is 3.06. The monoisotopic (exact) mass is 405 g/mol. The van der Waals surface area contributed by atoms with Crippen LogP contribution in [0.25, 0.3) is 5.57 Å². The lowest BCUT2D eigenvalue weighted by Gasteiger charge is -2.34. The van der Waals surface area contributed by atoms with Gasteiger partial charge in [0.05, 0.1) is 12.5 Å². The molecular weight excluding hydrogens is 373 g/mol. The van der Waals surface area contributed by atoms with E-state index < -0.39 is 23.6 Å². The Bertz CT molecular complexity index is 802. The van der Waals surface area contributed by atoms with Gasteiger partial charge in [0.15, 0.2) is 0 Å². The Balaban J connectivity index is 2.33. The van der Waals surface area contributed by atoms with Crippen LogP contribution in [0.1, 0.15) is 52.7 Å². The van der Waals surface area contributed by atoms with Gasteiger partial charge in [-0.05, 0) is 61.9 Å². The summed E-state index contributed by atoms with van der Waals surface area (Å²) in [7, 11) is 0. The maximum Gasteiger partial charge on any atom is 0.410 e. The minimum Gasteiger partial charge on any atom is -0.465 e. The van der Waals surface area contributed by atoms with E-state index in [-0.39, 0.29) is 24.4 Å². The smallest absolute Gasteiger partial charge is 0.410 e. The van der Waals surface area contributed by atoms with Crippen molar-refractivity contribution in [2.24, 2.45) is 11.3 Å². The van der Waals surface area contributed by atoms with E-state index in [4.69, 9.17) is 9.47 Å². The molecule has 6 heteroatoms. The second-order valence-electron chi connectivity index (χ2n) is 9.72. The van der Waals surface area contributed by atoms with Crippen molar-refractivity contribution >= 4 is 17.6 Å². The average molecular weight is 406 g/mol. The summed E-state index contributed by atoms with van der Waals surface area (Å²) in [5.74, 6) is -1.39. The molecule has 0 bridgehead atoms. The highest BCUT2D eigenvalue weighted by molar-refractivity contribution is 5.91. The number of hydrogen-bond donors (Lipinski definition) is 0. The number of ether oxygens (including phenoxy) is 2. The van der Waals surface area contributed by atoms with Gasteiger partial charge in [0.1, 0.15) is 11.4 Å².